The van der Waals surface area contributed by atoms with E-state index in [9.17, 15) is 13.2 Å². The van der Waals surface area contributed by atoms with Gasteiger partial charge in [0.15, 0.2) is 0 Å². The second-order valence-electron chi connectivity index (χ2n) is 8.80. The van der Waals surface area contributed by atoms with E-state index in [1.165, 1.54) is 0 Å². The van der Waals surface area contributed by atoms with Crippen molar-refractivity contribution in [1.82, 2.24) is 9.88 Å². The maximum atomic E-state index is 13.1. The van der Waals surface area contributed by atoms with E-state index in [1.807, 2.05) is 36.4 Å². The molecule has 3 unspecified atom stereocenters. The van der Waals surface area contributed by atoms with Crippen LogP contribution in [0.15, 0.2) is 78.0 Å². The molecule has 0 amide bonds. The molecule has 0 spiro atoms. The molecule has 8 heteroatoms. The topological polar surface area (TPSA) is 47.0 Å². The summed E-state index contributed by atoms with van der Waals surface area (Å²) in [6.45, 7) is 1.02. The predicted octanol–water partition coefficient (Wildman–Crippen LogP) is 5.98. The van der Waals surface area contributed by atoms with Gasteiger partial charge < -0.3 is 14.4 Å². The zero-order valence-electron chi connectivity index (χ0n) is 19.3. The minimum absolute atomic E-state index is 0.123. The molecule has 0 radical (unpaired) electrons. The van der Waals surface area contributed by atoms with Crippen molar-refractivity contribution >= 4 is 5.84 Å². The van der Waals surface area contributed by atoms with Crippen LogP contribution in [0.25, 0.3) is 0 Å². The Morgan fingerprint density at radius 1 is 0.943 bits per heavy atom. The zero-order valence-corrected chi connectivity index (χ0v) is 19.3. The number of methoxy groups -OCH3 is 1. The minimum Gasteiger partial charge on any atom is -0.497 e. The van der Waals surface area contributed by atoms with Crippen molar-refractivity contribution in [2.24, 2.45) is 4.99 Å². The van der Waals surface area contributed by atoms with Crippen LogP contribution in [0.3, 0.4) is 0 Å². The first kappa shape index (κ1) is 23.4. The van der Waals surface area contributed by atoms with Crippen molar-refractivity contribution in [3.8, 4) is 5.75 Å². The van der Waals surface area contributed by atoms with Gasteiger partial charge in [0.1, 0.15) is 17.6 Å². The molecule has 182 valence electrons. The minimum atomic E-state index is -4.36. The number of ether oxygens (including phenoxy) is 2. The van der Waals surface area contributed by atoms with Gasteiger partial charge in [0, 0.05) is 18.8 Å². The summed E-state index contributed by atoms with van der Waals surface area (Å²) < 4.78 is 50.6. The Kier molecular flexibility index (Phi) is 6.47. The van der Waals surface area contributed by atoms with Crippen LogP contribution in [-0.4, -0.2) is 35.5 Å². The van der Waals surface area contributed by atoms with Crippen molar-refractivity contribution in [2.75, 3.05) is 13.7 Å². The van der Waals surface area contributed by atoms with E-state index < -0.39 is 11.7 Å². The molecule has 2 aliphatic rings. The molecular formula is C27H26F3N3O2. The Morgan fingerprint density at radius 2 is 1.66 bits per heavy atom. The number of hydrogen-bond donors (Lipinski definition) is 0. The predicted molar refractivity (Wildman–Crippen MR) is 126 cm³/mol. The normalized spacial score (nSPS) is 21.7. The van der Waals surface area contributed by atoms with Crippen molar-refractivity contribution in [3.63, 3.8) is 0 Å². The number of hydrogen-bond acceptors (Lipinski definition) is 5. The smallest absolute Gasteiger partial charge is 0.416 e. The van der Waals surface area contributed by atoms with E-state index in [2.05, 4.69) is 9.88 Å². The number of benzene rings is 2. The van der Waals surface area contributed by atoms with Crippen molar-refractivity contribution < 1.29 is 22.6 Å². The number of pyridine rings is 1. The average Bonchev–Trinajstić information content (AvgIpc) is 3.44. The maximum Gasteiger partial charge on any atom is 0.416 e. The fraction of sp³-hybridized carbons (Fsp3) is 0.333. The third-order valence-electron chi connectivity index (χ3n) is 6.64. The molecule has 0 saturated carbocycles. The van der Waals surface area contributed by atoms with Crippen molar-refractivity contribution in [3.05, 3.63) is 95.3 Å². The summed E-state index contributed by atoms with van der Waals surface area (Å²) >= 11 is 0. The van der Waals surface area contributed by atoms with Gasteiger partial charge in [0.2, 0.25) is 0 Å². The fourth-order valence-electron chi connectivity index (χ4n) is 4.90. The number of fused-ring (bicyclic) bond motifs is 1. The summed E-state index contributed by atoms with van der Waals surface area (Å²) in [7, 11) is 1.64. The van der Waals surface area contributed by atoms with Gasteiger partial charge in [-0.05, 0) is 59.5 Å². The molecule has 3 aromatic rings. The first-order valence-corrected chi connectivity index (χ1v) is 11.6. The molecule has 0 bridgehead atoms. The van der Waals surface area contributed by atoms with Crippen LogP contribution in [0.4, 0.5) is 13.2 Å². The van der Waals surface area contributed by atoms with Gasteiger partial charge >= 0.3 is 6.18 Å². The molecule has 1 saturated heterocycles. The van der Waals surface area contributed by atoms with E-state index >= 15 is 0 Å². The van der Waals surface area contributed by atoms with Gasteiger partial charge in [0.25, 0.3) is 0 Å². The maximum absolute atomic E-state index is 13.1. The first-order valence-electron chi connectivity index (χ1n) is 11.6. The van der Waals surface area contributed by atoms with Crippen LogP contribution in [0.2, 0.25) is 0 Å². The Hall–Kier alpha value is -3.39. The number of nitrogens with zero attached hydrogens (tertiary/aromatic N) is 3. The molecular weight excluding hydrogens is 455 g/mol. The van der Waals surface area contributed by atoms with E-state index in [4.69, 9.17) is 14.5 Å². The van der Waals surface area contributed by atoms with Gasteiger partial charge in [0.05, 0.1) is 38.0 Å². The second-order valence-corrected chi connectivity index (χ2v) is 8.80. The summed E-state index contributed by atoms with van der Waals surface area (Å²) in [5.41, 5.74) is 2.20. The van der Waals surface area contributed by atoms with E-state index in [0.717, 1.165) is 53.2 Å². The highest BCUT2D eigenvalue weighted by molar-refractivity contribution is 5.87. The number of aromatic nitrogens is 1. The Labute approximate surface area is 202 Å². The molecule has 2 aromatic carbocycles. The lowest BCUT2D eigenvalue weighted by atomic mass is 9.93. The Morgan fingerprint density at radius 3 is 2.31 bits per heavy atom. The SMILES string of the molecule is COc1ccc(COCC2CCC3=NC(c4ccc(C(F)(F)F)cc4)C(c4ccncc4)N32)cc1. The number of rotatable bonds is 7. The molecule has 2 aliphatic heterocycles. The van der Waals surface area contributed by atoms with E-state index in [-0.39, 0.29) is 18.1 Å². The van der Waals surface area contributed by atoms with Gasteiger partial charge in [-0.2, -0.15) is 13.2 Å². The monoisotopic (exact) mass is 481 g/mol. The van der Waals surface area contributed by atoms with Crippen LogP contribution in [-0.2, 0) is 17.5 Å². The van der Waals surface area contributed by atoms with E-state index in [0.29, 0.717) is 13.2 Å². The fourth-order valence-corrected chi connectivity index (χ4v) is 4.90. The number of alkyl halides is 3. The quantitative estimate of drug-likeness (QED) is 0.416. The highest BCUT2D eigenvalue weighted by atomic mass is 19.4. The van der Waals surface area contributed by atoms with Crippen LogP contribution in [0.1, 0.15) is 47.2 Å². The lowest BCUT2D eigenvalue weighted by Crippen LogP contribution is -2.37. The largest absolute Gasteiger partial charge is 0.497 e. The molecule has 1 fully saturated rings. The van der Waals surface area contributed by atoms with Gasteiger partial charge in [-0.25, -0.2) is 0 Å². The molecule has 1 aromatic heterocycles. The summed E-state index contributed by atoms with van der Waals surface area (Å²) in [6, 6.07) is 16.8. The molecule has 0 aliphatic carbocycles. The van der Waals surface area contributed by atoms with Crippen LogP contribution < -0.4 is 4.74 Å². The molecule has 5 rings (SSSR count). The summed E-state index contributed by atoms with van der Waals surface area (Å²) in [5, 5.41) is 0. The van der Waals surface area contributed by atoms with Crippen molar-refractivity contribution in [2.45, 2.75) is 43.8 Å². The molecule has 0 N–H and O–H groups in total. The Balaban J connectivity index is 1.35. The standard InChI is InChI=1S/C27H26F3N3O2/c1-34-23-9-2-18(3-10-23)16-35-17-22-8-11-24-32-25(19-4-6-21(7-5-19)27(28,29)30)26(33(22)24)20-12-14-31-15-13-20/h2-7,9-10,12-15,22,25-26H,8,11,16-17H2,1H3. The van der Waals surface area contributed by atoms with Crippen molar-refractivity contribution in [1.29, 1.82) is 0 Å². The first-order chi connectivity index (χ1) is 16.9. The zero-order chi connectivity index (χ0) is 24.4. The number of amidine groups is 1. The van der Waals surface area contributed by atoms with Crippen LogP contribution >= 0.6 is 0 Å². The Bertz CT molecular complexity index is 1170. The molecule has 5 nitrogen and oxygen atoms in total. The average molecular weight is 482 g/mol. The van der Waals surface area contributed by atoms with Crippen LogP contribution in [0, 0.1) is 0 Å². The third kappa shape index (κ3) is 4.89. The summed E-state index contributed by atoms with van der Waals surface area (Å²) in [5.74, 6) is 1.78. The summed E-state index contributed by atoms with van der Waals surface area (Å²) in [6.07, 6.45) is 0.847. The second kappa shape index (κ2) is 9.70. The highest BCUT2D eigenvalue weighted by Crippen LogP contribution is 2.47. The lowest BCUT2D eigenvalue weighted by Gasteiger charge is -2.33. The number of halogens is 3. The van der Waals surface area contributed by atoms with E-state index in [1.54, 1.807) is 31.6 Å². The molecule has 3 heterocycles. The molecule has 3 atom stereocenters. The van der Waals surface area contributed by atoms with Crippen LogP contribution in [0.5, 0.6) is 5.75 Å². The third-order valence-corrected chi connectivity index (χ3v) is 6.64. The van der Waals surface area contributed by atoms with Gasteiger partial charge in [-0.1, -0.05) is 24.3 Å². The highest BCUT2D eigenvalue weighted by Gasteiger charge is 2.45. The number of aliphatic imine (C=N–C) groups is 1. The lowest BCUT2D eigenvalue weighted by molar-refractivity contribution is -0.137. The summed E-state index contributed by atoms with van der Waals surface area (Å²) in [4.78, 5) is 11.4. The van der Waals surface area contributed by atoms with Gasteiger partial charge in [-0.3, -0.25) is 9.98 Å². The molecule has 35 heavy (non-hydrogen) atoms. The van der Waals surface area contributed by atoms with Gasteiger partial charge in [-0.15, -0.1) is 0 Å².